The fraction of sp³-hybridized carbons (Fsp3) is 0.750. The lowest BCUT2D eigenvalue weighted by molar-refractivity contribution is -0.223. The normalized spacial score (nSPS) is 29.6. The number of hydrogen-bond acceptors (Lipinski definition) is 1. The molecule has 0 saturated heterocycles. The third-order valence-electron chi connectivity index (χ3n) is 7.28. The van der Waals surface area contributed by atoms with Crippen molar-refractivity contribution < 1.29 is 13.5 Å². The first kappa shape index (κ1) is 20.6. The first-order chi connectivity index (χ1) is 12.7. The van der Waals surface area contributed by atoms with Crippen molar-refractivity contribution in [3.63, 3.8) is 0 Å². The SMILES string of the molecule is Cc1cc(OC(F)(F)C2CCC(CC3CCC(C)CC3)CC2)cc(C)c1C. The van der Waals surface area contributed by atoms with Gasteiger partial charge in [0.15, 0.2) is 0 Å². The highest BCUT2D eigenvalue weighted by Gasteiger charge is 2.44. The molecular formula is C24H36F2O. The van der Waals surface area contributed by atoms with Crippen LogP contribution < -0.4 is 4.74 Å². The van der Waals surface area contributed by atoms with Gasteiger partial charge in [-0.1, -0.05) is 32.6 Å². The quantitative estimate of drug-likeness (QED) is 0.512. The number of benzene rings is 1. The van der Waals surface area contributed by atoms with Gasteiger partial charge in [0.1, 0.15) is 5.75 Å². The molecule has 0 heterocycles. The summed E-state index contributed by atoms with van der Waals surface area (Å²) in [5.74, 6) is 2.00. The summed E-state index contributed by atoms with van der Waals surface area (Å²) in [6, 6.07) is 3.48. The Labute approximate surface area is 163 Å². The van der Waals surface area contributed by atoms with Gasteiger partial charge in [0.2, 0.25) is 0 Å². The molecule has 0 bridgehead atoms. The summed E-state index contributed by atoms with van der Waals surface area (Å²) in [5.41, 5.74) is 3.15. The molecule has 0 aromatic heterocycles. The Balaban J connectivity index is 1.52. The predicted molar refractivity (Wildman–Crippen MR) is 107 cm³/mol. The number of hydrogen-bond donors (Lipinski definition) is 0. The molecule has 0 N–H and O–H groups in total. The highest BCUT2D eigenvalue weighted by atomic mass is 19.3. The average molecular weight is 379 g/mol. The lowest BCUT2D eigenvalue weighted by Crippen LogP contribution is -2.37. The number of ether oxygens (including phenoxy) is 1. The monoisotopic (exact) mass is 378 g/mol. The van der Waals surface area contributed by atoms with Gasteiger partial charge in [0.05, 0.1) is 5.92 Å². The van der Waals surface area contributed by atoms with E-state index in [1.54, 1.807) is 12.1 Å². The summed E-state index contributed by atoms with van der Waals surface area (Å²) in [6.45, 7) is 8.26. The van der Waals surface area contributed by atoms with E-state index in [1.165, 1.54) is 32.1 Å². The van der Waals surface area contributed by atoms with Crippen LogP contribution in [0.2, 0.25) is 0 Å². The van der Waals surface area contributed by atoms with Gasteiger partial charge in [-0.3, -0.25) is 0 Å². The van der Waals surface area contributed by atoms with Crippen LogP contribution in [0.4, 0.5) is 8.78 Å². The van der Waals surface area contributed by atoms with Crippen molar-refractivity contribution in [2.45, 2.75) is 91.6 Å². The van der Waals surface area contributed by atoms with E-state index in [2.05, 4.69) is 6.92 Å². The van der Waals surface area contributed by atoms with Crippen molar-refractivity contribution in [1.29, 1.82) is 0 Å². The molecule has 0 radical (unpaired) electrons. The Morgan fingerprint density at radius 2 is 1.33 bits per heavy atom. The molecule has 0 unspecified atom stereocenters. The molecule has 1 aromatic rings. The van der Waals surface area contributed by atoms with Crippen LogP contribution in [-0.4, -0.2) is 6.11 Å². The topological polar surface area (TPSA) is 9.23 Å². The maximum Gasteiger partial charge on any atom is 0.400 e. The summed E-state index contributed by atoms with van der Waals surface area (Å²) in [7, 11) is 0. The Morgan fingerprint density at radius 3 is 1.85 bits per heavy atom. The average Bonchev–Trinajstić information content (AvgIpc) is 2.62. The smallest absolute Gasteiger partial charge is 0.400 e. The van der Waals surface area contributed by atoms with Gasteiger partial charge in [-0.15, -0.1) is 0 Å². The minimum Gasteiger partial charge on any atom is -0.432 e. The molecule has 3 heteroatoms. The maximum atomic E-state index is 14.8. The third kappa shape index (κ3) is 5.23. The van der Waals surface area contributed by atoms with Crippen LogP contribution in [-0.2, 0) is 0 Å². The van der Waals surface area contributed by atoms with Gasteiger partial charge in [-0.25, -0.2) is 0 Å². The van der Waals surface area contributed by atoms with Crippen molar-refractivity contribution in [1.82, 2.24) is 0 Å². The molecule has 0 atom stereocenters. The lowest BCUT2D eigenvalue weighted by atomic mass is 9.73. The molecule has 0 aliphatic heterocycles. The zero-order valence-corrected chi connectivity index (χ0v) is 17.5. The zero-order chi connectivity index (χ0) is 19.6. The van der Waals surface area contributed by atoms with Crippen molar-refractivity contribution in [2.24, 2.45) is 23.7 Å². The lowest BCUT2D eigenvalue weighted by Gasteiger charge is -2.35. The van der Waals surface area contributed by atoms with E-state index in [-0.39, 0.29) is 0 Å². The highest BCUT2D eigenvalue weighted by Crippen LogP contribution is 2.43. The number of rotatable bonds is 5. The molecule has 2 aliphatic rings. The molecule has 1 nitrogen and oxygen atoms in total. The largest absolute Gasteiger partial charge is 0.432 e. The molecule has 1 aromatic carbocycles. The molecule has 2 fully saturated rings. The first-order valence-corrected chi connectivity index (χ1v) is 10.9. The van der Waals surface area contributed by atoms with Crippen molar-refractivity contribution in [3.05, 3.63) is 28.8 Å². The van der Waals surface area contributed by atoms with E-state index < -0.39 is 12.0 Å². The van der Waals surface area contributed by atoms with Crippen LogP contribution in [0.15, 0.2) is 12.1 Å². The van der Waals surface area contributed by atoms with Crippen molar-refractivity contribution in [3.8, 4) is 5.75 Å². The Kier molecular flexibility index (Phi) is 6.48. The summed E-state index contributed by atoms with van der Waals surface area (Å²) < 4.78 is 34.8. The molecule has 2 aliphatic carbocycles. The van der Waals surface area contributed by atoms with Crippen LogP contribution in [0.25, 0.3) is 0 Å². The van der Waals surface area contributed by atoms with Crippen molar-refractivity contribution >= 4 is 0 Å². The summed E-state index contributed by atoms with van der Waals surface area (Å²) in [4.78, 5) is 0. The van der Waals surface area contributed by atoms with Gasteiger partial charge in [-0.2, -0.15) is 8.78 Å². The van der Waals surface area contributed by atoms with Crippen LogP contribution in [0.5, 0.6) is 5.75 Å². The first-order valence-electron chi connectivity index (χ1n) is 10.9. The van der Waals surface area contributed by atoms with Gasteiger partial charge in [0, 0.05) is 0 Å². The van der Waals surface area contributed by atoms with E-state index in [4.69, 9.17) is 4.74 Å². The van der Waals surface area contributed by atoms with E-state index >= 15 is 0 Å². The summed E-state index contributed by atoms with van der Waals surface area (Å²) in [6.07, 6.45) is 6.60. The van der Waals surface area contributed by atoms with Gasteiger partial charge < -0.3 is 4.74 Å². The second-order valence-corrected chi connectivity index (χ2v) is 9.43. The van der Waals surface area contributed by atoms with Crippen LogP contribution >= 0.6 is 0 Å². The fourth-order valence-electron chi connectivity index (χ4n) is 5.07. The molecule has 2 saturated carbocycles. The molecular weight excluding hydrogens is 342 g/mol. The van der Waals surface area contributed by atoms with Crippen molar-refractivity contribution in [2.75, 3.05) is 0 Å². The Hall–Kier alpha value is -1.12. The minimum absolute atomic E-state index is 0.305. The zero-order valence-electron chi connectivity index (χ0n) is 17.5. The molecule has 0 amide bonds. The van der Waals surface area contributed by atoms with E-state index in [0.29, 0.717) is 24.5 Å². The standard InChI is InChI=1S/C24H36F2O/c1-16-5-7-20(8-6-16)15-21-9-11-22(12-10-21)24(25,26)27-23-13-17(2)19(4)18(3)14-23/h13-14,16,20-22H,5-12,15H2,1-4H3. The third-order valence-corrected chi connectivity index (χ3v) is 7.28. The predicted octanol–water partition coefficient (Wildman–Crippen LogP) is 7.61. The number of halogens is 2. The molecule has 0 spiro atoms. The Morgan fingerprint density at radius 1 is 0.852 bits per heavy atom. The number of aryl methyl sites for hydroxylation is 2. The van der Waals surface area contributed by atoms with Gasteiger partial charge >= 0.3 is 6.11 Å². The van der Waals surface area contributed by atoms with Crippen LogP contribution in [0, 0.1) is 44.4 Å². The number of alkyl halides is 2. The maximum absolute atomic E-state index is 14.8. The molecule has 27 heavy (non-hydrogen) atoms. The van der Waals surface area contributed by atoms with Crippen LogP contribution in [0.1, 0.15) is 81.4 Å². The van der Waals surface area contributed by atoms with Gasteiger partial charge in [-0.05, 0) is 99.5 Å². The molecule has 3 rings (SSSR count). The van der Waals surface area contributed by atoms with Gasteiger partial charge in [0.25, 0.3) is 0 Å². The Bertz CT molecular complexity index is 600. The second-order valence-electron chi connectivity index (χ2n) is 9.43. The summed E-state index contributed by atoms with van der Waals surface area (Å²) in [5, 5.41) is 0. The minimum atomic E-state index is -3.07. The van der Waals surface area contributed by atoms with E-state index in [0.717, 1.165) is 41.4 Å². The second kappa shape index (κ2) is 8.49. The highest BCUT2D eigenvalue weighted by molar-refractivity contribution is 5.40. The fourth-order valence-corrected chi connectivity index (χ4v) is 5.07. The molecule has 152 valence electrons. The summed E-state index contributed by atoms with van der Waals surface area (Å²) >= 11 is 0. The van der Waals surface area contributed by atoms with E-state index in [1.807, 2.05) is 20.8 Å². The van der Waals surface area contributed by atoms with Crippen LogP contribution in [0.3, 0.4) is 0 Å². The van der Waals surface area contributed by atoms with E-state index in [9.17, 15) is 8.78 Å².